The van der Waals surface area contributed by atoms with Crippen molar-refractivity contribution in [3.05, 3.63) is 60.8 Å². The van der Waals surface area contributed by atoms with E-state index in [4.69, 9.17) is 14.2 Å². The minimum atomic E-state index is -0.789. The number of hydrogen-bond donors (Lipinski definition) is 0. The maximum atomic E-state index is 12.9. The Balaban J connectivity index is 4.40. The van der Waals surface area contributed by atoms with Gasteiger partial charge in [-0.1, -0.05) is 248 Å². The van der Waals surface area contributed by atoms with E-state index in [9.17, 15) is 14.4 Å². The Labute approximate surface area is 440 Å². The molecule has 0 saturated carbocycles. The van der Waals surface area contributed by atoms with Crippen molar-refractivity contribution in [1.82, 2.24) is 0 Å². The van der Waals surface area contributed by atoms with Gasteiger partial charge in [-0.25, -0.2) is 0 Å². The van der Waals surface area contributed by atoms with Crippen molar-refractivity contribution in [3.8, 4) is 0 Å². The predicted octanol–water partition coefficient (Wildman–Crippen LogP) is 20.8. The third-order valence-corrected chi connectivity index (χ3v) is 13.5. The van der Waals surface area contributed by atoms with Crippen LogP contribution in [0.25, 0.3) is 0 Å². The first-order chi connectivity index (χ1) is 35.0. The van der Waals surface area contributed by atoms with Gasteiger partial charge in [-0.3, -0.25) is 14.4 Å². The van der Waals surface area contributed by atoms with Crippen LogP contribution >= 0.6 is 0 Å². The topological polar surface area (TPSA) is 78.9 Å². The van der Waals surface area contributed by atoms with E-state index in [1.165, 1.54) is 193 Å². The first-order valence-electron chi connectivity index (χ1n) is 30.8. The lowest BCUT2D eigenvalue weighted by Gasteiger charge is -2.18. The van der Waals surface area contributed by atoms with Gasteiger partial charge in [0.1, 0.15) is 13.2 Å². The summed E-state index contributed by atoms with van der Waals surface area (Å²) in [7, 11) is 0. The van der Waals surface area contributed by atoms with Gasteiger partial charge < -0.3 is 14.2 Å². The summed E-state index contributed by atoms with van der Waals surface area (Å²) in [4.78, 5) is 38.3. The molecule has 0 saturated heterocycles. The molecular formula is C65H116O6. The Kier molecular flexibility index (Phi) is 57.2. The van der Waals surface area contributed by atoms with E-state index in [2.05, 4.69) is 81.5 Å². The van der Waals surface area contributed by atoms with Crippen molar-refractivity contribution in [2.45, 2.75) is 322 Å². The highest BCUT2D eigenvalue weighted by atomic mass is 16.6. The number of carbonyl (C=O) groups is 3. The molecule has 0 aromatic carbocycles. The van der Waals surface area contributed by atoms with E-state index in [-0.39, 0.29) is 31.1 Å². The number of esters is 3. The standard InChI is InChI=1S/C65H116O6/c1-4-7-10-13-16-19-22-25-28-31-32-35-37-40-43-46-49-52-55-58-64(67)70-61-62(71-65(68)59-56-53-50-47-44-41-38-34-30-27-24-21-18-15-12-9-6-3)60-69-63(66)57-54-51-48-45-42-39-36-33-29-26-23-20-17-14-11-8-5-2/h18,21,25-30,38,41,62H,4-17,19-20,22-24,31-37,39-40,42-61H2,1-3H3/b21-18+,28-25+,29-26+,30-27+,41-38+/t62-/m1/s1. The van der Waals surface area contributed by atoms with Crippen molar-refractivity contribution in [3.63, 3.8) is 0 Å². The van der Waals surface area contributed by atoms with Gasteiger partial charge >= 0.3 is 17.9 Å². The molecule has 0 bridgehead atoms. The molecule has 71 heavy (non-hydrogen) atoms. The summed E-state index contributed by atoms with van der Waals surface area (Å²) in [6, 6.07) is 0. The Morgan fingerprint density at radius 1 is 0.282 bits per heavy atom. The minimum absolute atomic E-state index is 0.0844. The van der Waals surface area contributed by atoms with Crippen LogP contribution in [0.4, 0.5) is 0 Å². The van der Waals surface area contributed by atoms with Gasteiger partial charge in [0.15, 0.2) is 6.10 Å². The Morgan fingerprint density at radius 3 is 0.831 bits per heavy atom. The van der Waals surface area contributed by atoms with E-state index in [1.807, 2.05) is 0 Å². The van der Waals surface area contributed by atoms with Gasteiger partial charge in [0.2, 0.25) is 0 Å². The highest BCUT2D eigenvalue weighted by Crippen LogP contribution is 2.16. The number of rotatable bonds is 56. The zero-order chi connectivity index (χ0) is 51.4. The first kappa shape index (κ1) is 68.1. The molecule has 0 N–H and O–H groups in total. The van der Waals surface area contributed by atoms with Crippen molar-refractivity contribution < 1.29 is 28.6 Å². The number of ether oxygens (including phenoxy) is 3. The molecule has 6 heteroatoms. The molecule has 0 radical (unpaired) electrons. The third-order valence-electron chi connectivity index (χ3n) is 13.5. The molecular weight excluding hydrogens is 877 g/mol. The van der Waals surface area contributed by atoms with Crippen LogP contribution < -0.4 is 0 Å². The van der Waals surface area contributed by atoms with Crippen LogP contribution in [-0.4, -0.2) is 37.2 Å². The summed E-state index contributed by atoms with van der Waals surface area (Å²) < 4.78 is 16.9. The molecule has 0 aliphatic rings. The predicted molar refractivity (Wildman–Crippen MR) is 307 cm³/mol. The van der Waals surface area contributed by atoms with Crippen molar-refractivity contribution >= 4 is 17.9 Å². The summed E-state index contributed by atoms with van der Waals surface area (Å²) in [6.45, 7) is 6.62. The van der Waals surface area contributed by atoms with E-state index in [0.717, 1.165) is 83.5 Å². The summed E-state index contributed by atoms with van der Waals surface area (Å²) in [5.74, 6) is -0.898. The quantitative estimate of drug-likeness (QED) is 0.0261. The van der Waals surface area contributed by atoms with Gasteiger partial charge in [-0.05, 0) is 109 Å². The lowest BCUT2D eigenvalue weighted by atomic mass is 10.1. The summed E-state index contributed by atoms with van der Waals surface area (Å²) in [5, 5.41) is 0. The molecule has 0 fully saturated rings. The van der Waals surface area contributed by atoms with Crippen molar-refractivity contribution in [2.75, 3.05) is 13.2 Å². The van der Waals surface area contributed by atoms with Crippen LogP contribution in [-0.2, 0) is 28.6 Å². The number of allylic oxidation sites excluding steroid dienone is 10. The maximum Gasteiger partial charge on any atom is 0.306 e. The highest BCUT2D eigenvalue weighted by Gasteiger charge is 2.19. The van der Waals surface area contributed by atoms with Gasteiger partial charge in [-0.15, -0.1) is 0 Å². The zero-order valence-electron chi connectivity index (χ0n) is 47.2. The molecule has 0 heterocycles. The lowest BCUT2D eigenvalue weighted by Crippen LogP contribution is -2.30. The maximum absolute atomic E-state index is 12.9. The molecule has 0 aliphatic carbocycles. The minimum Gasteiger partial charge on any atom is -0.462 e. The summed E-state index contributed by atoms with van der Waals surface area (Å²) in [6.07, 6.45) is 75.0. The number of carbonyl (C=O) groups excluding carboxylic acids is 3. The average molecular weight is 994 g/mol. The Bertz CT molecular complexity index is 1280. The zero-order valence-corrected chi connectivity index (χ0v) is 47.2. The van der Waals surface area contributed by atoms with Gasteiger partial charge in [-0.2, -0.15) is 0 Å². The lowest BCUT2D eigenvalue weighted by molar-refractivity contribution is -0.167. The van der Waals surface area contributed by atoms with Gasteiger partial charge in [0.05, 0.1) is 0 Å². The number of unbranched alkanes of at least 4 members (excludes halogenated alkanes) is 35. The molecule has 1 atom stereocenters. The molecule has 0 spiro atoms. The molecule has 0 unspecified atom stereocenters. The van der Waals surface area contributed by atoms with Crippen molar-refractivity contribution in [1.29, 1.82) is 0 Å². The average Bonchev–Trinajstić information content (AvgIpc) is 3.37. The van der Waals surface area contributed by atoms with Crippen LogP contribution in [0.5, 0.6) is 0 Å². The first-order valence-corrected chi connectivity index (χ1v) is 30.8. The SMILES string of the molecule is CCCCC/C=C/C/C=C/C/C=C/CCCCCCC(=O)O[C@H](COC(=O)CCCCCCCCC/C=C/CCCCCCCC)COC(=O)CCCCCCCCCCC/C=C/CCCCCCCC. The normalized spacial score (nSPS) is 12.4. The fraction of sp³-hybridized carbons (Fsp3) is 0.800. The fourth-order valence-electron chi connectivity index (χ4n) is 8.79. The summed E-state index contributed by atoms with van der Waals surface area (Å²) >= 11 is 0. The van der Waals surface area contributed by atoms with E-state index in [0.29, 0.717) is 19.3 Å². The molecule has 0 amide bonds. The largest absolute Gasteiger partial charge is 0.462 e. The fourth-order valence-corrected chi connectivity index (χ4v) is 8.79. The molecule has 412 valence electrons. The number of hydrogen-bond acceptors (Lipinski definition) is 6. The second-order valence-electron chi connectivity index (χ2n) is 20.6. The van der Waals surface area contributed by atoms with Crippen LogP contribution in [0.1, 0.15) is 316 Å². The third kappa shape index (κ3) is 57.9. The van der Waals surface area contributed by atoms with Crippen LogP contribution in [0.15, 0.2) is 60.8 Å². The second kappa shape index (κ2) is 59.7. The van der Waals surface area contributed by atoms with Crippen molar-refractivity contribution in [2.24, 2.45) is 0 Å². The molecule has 0 rings (SSSR count). The Morgan fingerprint density at radius 2 is 0.507 bits per heavy atom. The van der Waals surface area contributed by atoms with Crippen LogP contribution in [0, 0.1) is 0 Å². The van der Waals surface area contributed by atoms with E-state index in [1.54, 1.807) is 0 Å². The molecule has 0 aliphatic heterocycles. The molecule has 0 aromatic heterocycles. The monoisotopic (exact) mass is 993 g/mol. The highest BCUT2D eigenvalue weighted by molar-refractivity contribution is 5.71. The van der Waals surface area contributed by atoms with Crippen LogP contribution in [0.3, 0.4) is 0 Å². The van der Waals surface area contributed by atoms with E-state index >= 15 is 0 Å². The second-order valence-corrected chi connectivity index (χ2v) is 20.6. The Hall–Kier alpha value is -2.89. The molecule has 0 aromatic rings. The van der Waals surface area contributed by atoms with Crippen LogP contribution in [0.2, 0.25) is 0 Å². The van der Waals surface area contributed by atoms with Gasteiger partial charge in [0.25, 0.3) is 0 Å². The summed E-state index contributed by atoms with van der Waals surface area (Å²) in [5.41, 5.74) is 0. The van der Waals surface area contributed by atoms with E-state index < -0.39 is 6.10 Å². The molecule has 6 nitrogen and oxygen atoms in total. The van der Waals surface area contributed by atoms with Gasteiger partial charge in [0, 0.05) is 19.3 Å². The smallest absolute Gasteiger partial charge is 0.306 e.